The van der Waals surface area contributed by atoms with Gasteiger partial charge in [-0.3, -0.25) is 0 Å². The largest absolute Gasteiger partial charge is 0.306 e. The molecule has 1 aromatic carbocycles. The molecule has 18 heavy (non-hydrogen) atoms. The van der Waals surface area contributed by atoms with E-state index in [1.54, 1.807) is 0 Å². The smallest absolute Gasteiger partial charge is 0.0351 e. The predicted molar refractivity (Wildman–Crippen MR) is 78.6 cm³/mol. The van der Waals surface area contributed by atoms with Crippen LogP contribution in [0.4, 0.5) is 0 Å². The second-order valence-corrected chi connectivity index (χ2v) is 5.62. The van der Waals surface area contributed by atoms with E-state index in [9.17, 15) is 0 Å². The van der Waals surface area contributed by atoms with Crippen LogP contribution in [0.3, 0.4) is 0 Å². The lowest BCUT2D eigenvalue weighted by molar-refractivity contribution is 0.276. The zero-order valence-corrected chi connectivity index (χ0v) is 11.5. The lowest BCUT2D eigenvalue weighted by atomic mass is 9.81. The van der Waals surface area contributed by atoms with Crippen molar-refractivity contribution >= 4 is 0 Å². The van der Waals surface area contributed by atoms with E-state index < -0.39 is 0 Å². The van der Waals surface area contributed by atoms with Gasteiger partial charge in [0.25, 0.3) is 0 Å². The molecule has 1 heteroatoms. The fourth-order valence-corrected chi connectivity index (χ4v) is 2.97. The highest BCUT2D eigenvalue weighted by Gasteiger charge is 2.24. The second-order valence-electron chi connectivity index (χ2n) is 5.62. The predicted octanol–water partition coefficient (Wildman–Crippen LogP) is 4.47. The van der Waals surface area contributed by atoms with E-state index >= 15 is 0 Å². The molecule has 0 radical (unpaired) electrons. The zero-order chi connectivity index (χ0) is 12.8. The molecule has 1 aromatic rings. The molecule has 98 valence electrons. The Hall–Kier alpha value is -1.08. The monoisotopic (exact) mass is 243 g/mol. The summed E-state index contributed by atoms with van der Waals surface area (Å²) in [5.41, 5.74) is 2.65. The highest BCUT2D eigenvalue weighted by molar-refractivity contribution is 5.20. The lowest BCUT2D eigenvalue weighted by Gasteiger charge is -2.31. The molecule has 1 atom stereocenters. The van der Waals surface area contributed by atoms with Crippen molar-refractivity contribution in [3.63, 3.8) is 0 Å². The third kappa shape index (κ3) is 3.71. The molecular weight excluding hydrogens is 218 g/mol. The van der Waals surface area contributed by atoms with Crippen LogP contribution < -0.4 is 5.32 Å². The van der Waals surface area contributed by atoms with Crippen molar-refractivity contribution in [1.82, 2.24) is 5.32 Å². The molecule has 0 heterocycles. The summed E-state index contributed by atoms with van der Waals surface area (Å²) in [6.07, 6.45) is 6.93. The highest BCUT2D eigenvalue weighted by Crippen LogP contribution is 2.34. The van der Waals surface area contributed by atoms with E-state index in [-0.39, 0.29) is 0 Å². The summed E-state index contributed by atoms with van der Waals surface area (Å²) in [5.74, 6) is 0.792. The minimum absolute atomic E-state index is 0.503. The normalized spacial score (nSPS) is 18.5. The van der Waals surface area contributed by atoms with E-state index in [0.29, 0.717) is 6.04 Å². The number of rotatable bonds is 5. The molecule has 0 bridgehead atoms. The third-order valence-electron chi connectivity index (χ3n) is 3.90. The van der Waals surface area contributed by atoms with Crippen LogP contribution in [0.1, 0.15) is 50.6 Å². The first-order chi connectivity index (χ1) is 8.77. The van der Waals surface area contributed by atoms with Gasteiger partial charge in [0.2, 0.25) is 0 Å². The highest BCUT2D eigenvalue weighted by atomic mass is 14.9. The fourth-order valence-electron chi connectivity index (χ4n) is 2.97. The second kappa shape index (κ2) is 6.75. The Balaban J connectivity index is 2.08. The third-order valence-corrected chi connectivity index (χ3v) is 3.90. The van der Waals surface area contributed by atoms with Crippen LogP contribution in [-0.4, -0.2) is 6.54 Å². The minimum Gasteiger partial charge on any atom is -0.306 e. The first kappa shape index (κ1) is 13.4. The van der Waals surface area contributed by atoms with E-state index in [1.165, 1.54) is 43.2 Å². The first-order valence-electron chi connectivity index (χ1n) is 7.20. The van der Waals surface area contributed by atoms with Crippen LogP contribution in [0.5, 0.6) is 0 Å². The molecule has 1 unspecified atom stereocenters. The summed E-state index contributed by atoms with van der Waals surface area (Å²) >= 11 is 0. The van der Waals surface area contributed by atoms with Gasteiger partial charge in [-0.15, -0.1) is 0 Å². The summed E-state index contributed by atoms with van der Waals surface area (Å²) in [6, 6.07) is 11.4. The standard InChI is InChI=1S/C17H25N/c1-14(2)13-18-17(15-9-5-3-6-10-15)16-11-7-4-8-12-16/h3,5-6,9-10,16-18H,1,4,7-8,11-13H2,2H3. The van der Waals surface area contributed by atoms with Gasteiger partial charge >= 0.3 is 0 Å². The van der Waals surface area contributed by atoms with Gasteiger partial charge in [-0.25, -0.2) is 0 Å². The molecule has 0 spiro atoms. The zero-order valence-electron chi connectivity index (χ0n) is 11.5. The van der Waals surface area contributed by atoms with E-state index in [0.717, 1.165) is 12.5 Å². The Labute approximate surface area is 111 Å². The minimum atomic E-state index is 0.503. The van der Waals surface area contributed by atoms with Crippen LogP contribution >= 0.6 is 0 Å². The van der Waals surface area contributed by atoms with Gasteiger partial charge in [-0.05, 0) is 31.2 Å². The lowest BCUT2D eigenvalue weighted by Crippen LogP contribution is -2.30. The Morgan fingerprint density at radius 3 is 2.50 bits per heavy atom. The van der Waals surface area contributed by atoms with Gasteiger partial charge in [0.15, 0.2) is 0 Å². The molecule has 1 aliphatic carbocycles. The van der Waals surface area contributed by atoms with E-state index in [1.807, 2.05) is 0 Å². The van der Waals surface area contributed by atoms with Crippen LogP contribution in [0, 0.1) is 5.92 Å². The molecule has 0 aromatic heterocycles. The number of hydrogen-bond acceptors (Lipinski definition) is 1. The average molecular weight is 243 g/mol. The van der Waals surface area contributed by atoms with Crippen molar-refractivity contribution in [2.24, 2.45) is 5.92 Å². The molecule has 1 saturated carbocycles. The van der Waals surface area contributed by atoms with Crippen molar-refractivity contribution < 1.29 is 0 Å². The summed E-state index contributed by atoms with van der Waals surface area (Å²) in [7, 11) is 0. The van der Waals surface area contributed by atoms with Crippen LogP contribution in [0.2, 0.25) is 0 Å². The van der Waals surface area contributed by atoms with Crippen molar-refractivity contribution in [1.29, 1.82) is 0 Å². The molecule has 1 nitrogen and oxygen atoms in total. The molecule has 2 rings (SSSR count). The Kier molecular flexibility index (Phi) is 5.00. The van der Waals surface area contributed by atoms with Crippen molar-refractivity contribution in [2.45, 2.75) is 45.1 Å². The summed E-state index contributed by atoms with van der Waals surface area (Å²) in [6.45, 7) is 7.02. The summed E-state index contributed by atoms with van der Waals surface area (Å²) < 4.78 is 0. The molecule has 0 saturated heterocycles. The van der Waals surface area contributed by atoms with Crippen LogP contribution in [0.25, 0.3) is 0 Å². The number of benzene rings is 1. The van der Waals surface area contributed by atoms with Gasteiger partial charge in [-0.2, -0.15) is 0 Å². The van der Waals surface area contributed by atoms with Crippen LogP contribution in [-0.2, 0) is 0 Å². The van der Waals surface area contributed by atoms with Crippen LogP contribution in [0.15, 0.2) is 42.5 Å². The summed E-state index contributed by atoms with van der Waals surface area (Å²) in [5, 5.41) is 3.71. The maximum absolute atomic E-state index is 4.00. The van der Waals surface area contributed by atoms with Gasteiger partial charge < -0.3 is 5.32 Å². The topological polar surface area (TPSA) is 12.0 Å². The fraction of sp³-hybridized carbons (Fsp3) is 0.529. The van der Waals surface area contributed by atoms with Crippen molar-refractivity contribution in [3.8, 4) is 0 Å². The Morgan fingerprint density at radius 1 is 1.22 bits per heavy atom. The van der Waals surface area contributed by atoms with Gasteiger partial charge in [0.1, 0.15) is 0 Å². The maximum atomic E-state index is 4.00. The van der Waals surface area contributed by atoms with Gasteiger partial charge in [0.05, 0.1) is 0 Å². The van der Waals surface area contributed by atoms with E-state index in [2.05, 4.69) is 49.2 Å². The van der Waals surface area contributed by atoms with Gasteiger partial charge in [0, 0.05) is 12.6 Å². The molecule has 0 aliphatic heterocycles. The molecule has 0 amide bonds. The van der Waals surface area contributed by atoms with Crippen molar-refractivity contribution in [3.05, 3.63) is 48.0 Å². The molecule has 1 aliphatic rings. The molecular formula is C17H25N. The molecule has 1 N–H and O–H groups in total. The summed E-state index contributed by atoms with van der Waals surface area (Å²) in [4.78, 5) is 0. The number of nitrogens with one attached hydrogen (secondary N) is 1. The Morgan fingerprint density at radius 2 is 1.89 bits per heavy atom. The number of hydrogen-bond donors (Lipinski definition) is 1. The average Bonchev–Trinajstić information content (AvgIpc) is 2.41. The van der Waals surface area contributed by atoms with Gasteiger partial charge in [-0.1, -0.05) is 61.7 Å². The molecule has 1 fully saturated rings. The maximum Gasteiger partial charge on any atom is 0.0351 e. The Bertz CT molecular complexity index is 362. The van der Waals surface area contributed by atoms with Crippen molar-refractivity contribution in [2.75, 3.05) is 6.54 Å². The first-order valence-corrected chi connectivity index (χ1v) is 7.20. The SMILES string of the molecule is C=C(C)CNC(c1ccccc1)C1CCCCC1. The van der Waals surface area contributed by atoms with E-state index in [4.69, 9.17) is 0 Å². The quantitative estimate of drug-likeness (QED) is 0.752.